The molecular weight excluding hydrogens is 248 g/mol. The lowest BCUT2D eigenvalue weighted by Gasteiger charge is -2.24. The zero-order valence-corrected chi connectivity index (χ0v) is 13.3. The lowest BCUT2D eigenvalue weighted by atomic mass is 9.90. The number of aryl methyl sites for hydroxylation is 2. The maximum absolute atomic E-state index is 5.98. The van der Waals surface area contributed by atoms with Gasteiger partial charge in [-0.15, -0.1) is 0 Å². The Balaban J connectivity index is 2.72. The number of ether oxygens (including phenoxy) is 2. The van der Waals surface area contributed by atoms with E-state index in [0.717, 1.165) is 17.9 Å². The molecule has 0 aliphatic rings. The molecule has 0 radical (unpaired) electrons. The van der Waals surface area contributed by atoms with Gasteiger partial charge in [0.2, 0.25) is 0 Å². The van der Waals surface area contributed by atoms with Gasteiger partial charge in [-0.05, 0) is 37.5 Å². The van der Waals surface area contributed by atoms with E-state index in [1.165, 1.54) is 11.1 Å². The quantitative estimate of drug-likeness (QED) is 0.532. The minimum absolute atomic E-state index is 0.294. The Morgan fingerprint density at radius 3 is 2.60 bits per heavy atom. The zero-order valence-electron chi connectivity index (χ0n) is 13.3. The lowest BCUT2D eigenvalue weighted by molar-refractivity contribution is 0.162. The molecule has 0 saturated carbocycles. The SMILES string of the molecule is C=C=C(OC)C(CC)C(C)COc1cc(C)ccc1C. The fourth-order valence-electron chi connectivity index (χ4n) is 2.40. The third-order valence-electron chi connectivity index (χ3n) is 3.70. The van der Waals surface area contributed by atoms with Crippen LogP contribution in [0.2, 0.25) is 0 Å². The Morgan fingerprint density at radius 2 is 2.05 bits per heavy atom. The van der Waals surface area contributed by atoms with Crippen LogP contribution in [0.3, 0.4) is 0 Å². The van der Waals surface area contributed by atoms with E-state index in [0.29, 0.717) is 18.4 Å². The molecule has 2 nitrogen and oxygen atoms in total. The van der Waals surface area contributed by atoms with E-state index in [2.05, 4.69) is 58.2 Å². The summed E-state index contributed by atoms with van der Waals surface area (Å²) in [6.45, 7) is 12.8. The van der Waals surface area contributed by atoms with E-state index in [-0.39, 0.29) is 0 Å². The van der Waals surface area contributed by atoms with Crippen molar-refractivity contribution in [3.8, 4) is 5.75 Å². The van der Waals surface area contributed by atoms with Gasteiger partial charge in [-0.2, -0.15) is 0 Å². The molecule has 1 aromatic rings. The lowest BCUT2D eigenvalue weighted by Crippen LogP contribution is -2.21. The summed E-state index contributed by atoms with van der Waals surface area (Å²) in [4.78, 5) is 0. The van der Waals surface area contributed by atoms with Gasteiger partial charge in [0.25, 0.3) is 0 Å². The van der Waals surface area contributed by atoms with Crippen LogP contribution in [0, 0.1) is 25.7 Å². The highest BCUT2D eigenvalue weighted by atomic mass is 16.5. The molecular formula is C18H26O2. The first kappa shape index (κ1) is 16.4. The van der Waals surface area contributed by atoms with Gasteiger partial charge in [-0.1, -0.05) is 38.3 Å². The number of rotatable bonds is 7. The van der Waals surface area contributed by atoms with Crippen molar-refractivity contribution in [1.29, 1.82) is 0 Å². The van der Waals surface area contributed by atoms with Crippen LogP contribution >= 0.6 is 0 Å². The zero-order chi connectivity index (χ0) is 15.1. The van der Waals surface area contributed by atoms with E-state index in [4.69, 9.17) is 9.47 Å². The van der Waals surface area contributed by atoms with E-state index < -0.39 is 0 Å². The molecule has 0 aliphatic heterocycles. The normalized spacial score (nSPS) is 13.2. The van der Waals surface area contributed by atoms with Crippen molar-refractivity contribution >= 4 is 0 Å². The molecule has 0 saturated heterocycles. The second-order valence-electron chi connectivity index (χ2n) is 5.32. The predicted molar refractivity (Wildman–Crippen MR) is 84.0 cm³/mol. The second-order valence-corrected chi connectivity index (χ2v) is 5.32. The Labute approximate surface area is 123 Å². The summed E-state index contributed by atoms with van der Waals surface area (Å²) in [7, 11) is 1.68. The summed E-state index contributed by atoms with van der Waals surface area (Å²) < 4.78 is 11.3. The van der Waals surface area contributed by atoms with E-state index in [1.807, 2.05) is 0 Å². The topological polar surface area (TPSA) is 18.5 Å². The second kappa shape index (κ2) is 7.81. The molecule has 20 heavy (non-hydrogen) atoms. The van der Waals surface area contributed by atoms with E-state index >= 15 is 0 Å². The summed E-state index contributed by atoms with van der Waals surface area (Å²) in [5, 5.41) is 0. The molecule has 2 unspecified atom stereocenters. The van der Waals surface area contributed by atoms with Gasteiger partial charge in [0.05, 0.1) is 13.7 Å². The van der Waals surface area contributed by atoms with Crippen LogP contribution in [-0.4, -0.2) is 13.7 Å². The minimum Gasteiger partial charge on any atom is -0.493 e. The molecule has 0 amide bonds. The Kier molecular flexibility index (Phi) is 6.41. The van der Waals surface area contributed by atoms with Crippen LogP contribution in [0.15, 0.2) is 36.3 Å². The van der Waals surface area contributed by atoms with Crippen molar-refractivity contribution in [3.05, 3.63) is 47.4 Å². The third kappa shape index (κ3) is 4.18. The van der Waals surface area contributed by atoms with Crippen LogP contribution in [0.25, 0.3) is 0 Å². The molecule has 2 atom stereocenters. The average molecular weight is 274 g/mol. The molecule has 0 aromatic heterocycles. The Bertz CT molecular complexity index is 484. The highest BCUT2D eigenvalue weighted by Gasteiger charge is 2.21. The van der Waals surface area contributed by atoms with Gasteiger partial charge in [-0.3, -0.25) is 0 Å². The predicted octanol–water partition coefficient (Wildman–Crippen LogP) is 4.66. The number of benzene rings is 1. The van der Waals surface area contributed by atoms with Gasteiger partial charge in [-0.25, -0.2) is 0 Å². The molecule has 110 valence electrons. The van der Waals surface area contributed by atoms with Crippen LogP contribution in [-0.2, 0) is 4.74 Å². The van der Waals surface area contributed by atoms with Crippen molar-refractivity contribution in [2.75, 3.05) is 13.7 Å². The van der Waals surface area contributed by atoms with Gasteiger partial charge >= 0.3 is 0 Å². The maximum atomic E-state index is 5.98. The largest absolute Gasteiger partial charge is 0.493 e. The summed E-state index contributed by atoms with van der Waals surface area (Å²) in [6, 6.07) is 6.28. The molecule has 1 aromatic carbocycles. The Morgan fingerprint density at radius 1 is 1.35 bits per heavy atom. The molecule has 1 rings (SSSR count). The summed E-state index contributed by atoms with van der Waals surface area (Å²) in [5.74, 6) is 2.43. The van der Waals surface area contributed by atoms with Crippen LogP contribution < -0.4 is 4.74 Å². The van der Waals surface area contributed by atoms with E-state index in [9.17, 15) is 0 Å². The standard InChI is InChI=1S/C18H26O2/c1-7-16(17(8-2)19-6)15(5)12-20-18-11-13(3)9-10-14(18)4/h9-11,15-16H,2,7,12H2,1,3-6H3. The fourth-order valence-corrected chi connectivity index (χ4v) is 2.40. The van der Waals surface area contributed by atoms with Gasteiger partial charge < -0.3 is 9.47 Å². The van der Waals surface area contributed by atoms with Gasteiger partial charge in [0.15, 0.2) is 0 Å². The average Bonchev–Trinajstić information content (AvgIpc) is 2.45. The molecule has 0 N–H and O–H groups in total. The van der Waals surface area contributed by atoms with E-state index in [1.54, 1.807) is 7.11 Å². The van der Waals surface area contributed by atoms with Crippen LogP contribution in [0.5, 0.6) is 5.75 Å². The highest BCUT2D eigenvalue weighted by molar-refractivity contribution is 5.35. The Hall–Kier alpha value is -1.66. The summed E-state index contributed by atoms with van der Waals surface area (Å²) >= 11 is 0. The van der Waals surface area contributed by atoms with Crippen LogP contribution in [0.4, 0.5) is 0 Å². The third-order valence-corrected chi connectivity index (χ3v) is 3.70. The van der Waals surface area contributed by atoms with Crippen molar-refractivity contribution in [2.45, 2.75) is 34.1 Å². The van der Waals surface area contributed by atoms with Crippen molar-refractivity contribution < 1.29 is 9.47 Å². The van der Waals surface area contributed by atoms with Gasteiger partial charge in [0, 0.05) is 11.8 Å². The smallest absolute Gasteiger partial charge is 0.141 e. The maximum Gasteiger partial charge on any atom is 0.141 e. The van der Waals surface area contributed by atoms with Crippen LogP contribution in [0.1, 0.15) is 31.4 Å². The fraction of sp³-hybridized carbons (Fsp3) is 0.500. The molecule has 2 heteroatoms. The molecule has 0 bridgehead atoms. The first-order chi connectivity index (χ1) is 9.53. The first-order valence-electron chi connectivity index (χ1n) is 7.17. The van der Waals surface area contributed by atoms with Crippen molar-refractivity contribution in [2.24, 2.45) is 11.8 Å². The number of allylic oxidation sites excluding steroid dienone is 1. The van der Waals surface area contributed by atoms with Crippen molar-refractivity contribution in [1.82, 2.24) is 0 Å². The number of hydrogen-bond donors (Lipinski definition) is 0. The monoisotopic (exact) mass is 274 g/mol. The molecule has 0 heterocycles. The molecule has 0 aliphatic carbocycles. The number of methoxy groups -OCH3 is 1. The summed E-state index contributed by atoms with van der Waals surface area (Å²) in [5.41, 5.74) is 5.28. The summed E-state index contributed by atoms with van der Waals surface area (Å²) in [6.07, 6.45) is 0.989. The minimum atomic E-state index is 0.294. The molecule has 0 fully saturated rings. The van der Waals surface area contributed by atoms with Gasteiger partial charge in [0.1, 0.15) is 11.5 Å². The molecule has 0 spiro atoms. The number of hydrogen-bond acceptors (Lipinski definition) is 2. The van der Waals surface area contributed by atoms with Crippen molar-refractivity contribution in [3.63, 3.8) is 0 Å². The first-order valence-corrected chi connectivity index (χ1v) is 7.17. The highest BCUT2D eigenvalue weighted by Crippen LogP contribution is 2.26.